The van der Waals surface area contributed by atoms with Crippen LogP contribution in [-0.2, 0) is 14.8 Å². The number of amides is 1. The van der Waals surface area contributed by atoms with Gasteiger partial charge in [-0.2, -0.15) is 9.40 Å². The zero-order valence-electron chi connectivity index (χ0n) is 14.3. The van der Waals surface area contributed by atoms with E-state index in [1.807, 2.05) is 13.0 Å². The molecule has 25 heavy (non-hydrogen) atoms. The molecule has 0 aliphatic carbocycles. The van der Waals surface area contributed by atoms with Gasteiger partial charge in [-0.3, -0.25) is 4.79 Å². The average Bonchev–Trinajstić information content (AvgIpc) is 2.97. The van der Waals surface area contributed by atoms with Gasteiger partial charge in [0.2, 0.25) is 15.9 Å². The Bertz CT molecular complexity index is 834. The molecule has 2 aromatic heterocycles. The predicted molar refractivity (Wildman–Crippen MR) is 92.9 cm³/mol. The summed E-state index contributed by atoms with van der Waals surface area (Å²) in [5.41, 5.74) is 0.884. The van der Waals surface area contributed by atoms with Gasteiger partial charge in [-0.15, -0.1) is 0 Å². The number of anilines is 1. The summed E-state index contributed by atoms with van der Waals surface area (Å²) in [6.07, 6.45) is 4.28. The average molecular weight is 367 g/mol. The van der Waals surface area contributed by atoms with E-state index >= 15 is 0 Å². The molecule has 0 saturated heterocycles. The van der Waals surface area contributed by atoms with E-state index in [0.29, 0.717) is 24.7 Å². The number of aryl methyl sites for hydroxylation is 1. The Labute approximate surface area is 146 Å². The zero-order chi connectivity index (χ0) is 18.4. The third kappa shape index (κ3) is 5.80. The third-order valence-electron chi connectivity index (χ3n) is 3.30. The molecule has 0 radical (unpaired) electrons. The van der Waals surface area contributed by atoms with Crippen LogP contribution in [0, 0.1) is 6.92 Å². The number of likely N-dealkylation sites (N-methyl/N-ethyl adjacent to an activating group) is 1. The molecule has 0 saturated carbocycles. The molecule has 0 spiro atoms. The van der Waals surface area contributed by atoms with Crippen LogP contribution in [0.3, 0.4) is 0 Å². The van der Waals surface area contributed by atoms with E-state index < -0.39 is 10.0 Å². The highest BCUT2D eigenvalue weighted by molar-refractivity contribution is 7.88. The molecule has 1 amide bonds. The van der Waals surface area contributed by atoms with E-state index in [1.54, 1.807) is 16.9 Å². The van der Waals surface area contributed by atoms with Crippen LogP contribution in [0.2, 0.25) is 0 Å². The molecule has 0 aromatic carbocycles. The molecule has 2 rings (SSSR count). The number of hydrogen-bond acceptors (Lipinski definition) is 7. The van der Waals surface area contributed by atoms with Gasteiger partial charge in [0.05, 0.1) is 18.5 Å². The maximum atomic E-state index is 11.7. The van der Waals surface area contributed by atoms with E-state index in [-0.39, 0.29) is 12.5 Å². The Morgan fingerprint density at radius 1 is 1.32 bits per heavy atom. The van der Waals surface area contributed by atoms with Gasteiger partial charge in [-0.1, -0.05) is 0 Å². The van der Waals surface area contributed by atoms with Crippen LogP contribution < -0.4 is 10.6 Å². The van der Waals surface area contributed by atoms with Gasteiger partial charge in [0.25, 0.3) is 0 Å². The first-order valence-electron chi connectivity index (χ1n) is 7.52. The first-order chi connectivity index (χ1) is 11.8. The van der Waals surface area contributed by atoms with Gasteiger partial charge in [0.1, 0.15) is 12.1 Å². The Morgan fingerprint density at radius 3 is 2.72 bits per heavy atom. The molecule has 2 aromatic rings. The van der Waals surface area contributed by atoms with Crippen LogP contribution in [0.25, 0.3) is 5.82 Å². The normalized spacial score (nSPS) is 11.5. The highest BCUT2D eigenvalue weighted by atomic mass is 32.2. The summed E-state index contributed by atoms with van der Waals surface area (Å²) in [5.74, 6) is 0.857. The first-order valence-corrected chi connectivity index (χ1v) is 9.37. The number of carbonyl (C=O) groups is 1. The van der Waals surface area contributed by atoms with Crippen molar-refractivity contribution in [2.75, 3.05) is 38.3 Å². The smallest absolute Gasteiger partial charge is 0.235 e. The summed E-state index contributed by atoms with van der Waals surface area (Å²) < 4.78 is 25.1. The lowest BCUT2D eigenvalue weighted by molar-refractivity contribution is -0.121. The molecular formula is C14H21N7O3S. The lowest BCUT2D eigenvalue weighted by Crippen LogP contribution is -2.39. The second kappa shape index (κ2) is 8.03. The Morgan fingerprint density at radius 2 is 2.08 bits per heavy atom. The summed E-state index contributed by atoms with van der Waals surface area (Å²) in [6, 6.07) is 3.62. The number of hydrogen-bond donors (Lipinski definition) is 2. The van der Waals surface area contributed by atoms with Crippen molar-refractivity contribution in [3.05, 3.63) is 30.4 Å². The van der Waals surface area contributed by atoms with Crippen LogP contribution in [-0.4, -0.2) is 71.3 Å². The first kappa shape index (κ1) is 18.8. The molecule has 0 aliphatic rings. The summed E-state index contributed by atoms with van der Waals surface area (Å²) in [6.45, 7) is 2.44. The minimum atomic E-state index is -3.37. The van der Waals surface area contributed by atoms with Crippen molar-refractivity contribution in [3.8, 4) is 5.82 Å². The predicted octanol–water partition coefficient (Wildman–Crippen LogP) is -0.610. The van der Waals surface area contributed by atoms with Crippen molar-refractivity contribution in [2.45, 2.75) is 6.92 Å². The maximum Gasteiger partial charge on any atom is 0.235 e. The van der Waals surface area contributed by atoms with E-state index in [0.717, 1.165) is 16.3 Å². The standard InChI is InChI=1S/C14H21N7O3S/c1-11-4-7-21(19-11)13-8-12(17-10-18-13)15-5-6-16-14(22)9-20(2)25(3,23)24/h4,7-8,10H,5-6,9H2,1-3H3,(H,16,22)(H,15,17,18). The molecule has 136 valence electrons. The number of nitrogens with zero attached hydrogens (tertiary/aromatic N) is 5. The molecule has 0 bridgehead atoms. The summed E-state index contributed by atoms with van der Waals surface area (Å²) >= 11 is 0. The van der Waals surface area contributed by atoms with Crippen molar-refractivity contribution in [1.82, 2.24) is 29.4 Å². The van der Waals surface area contributed by atoms with Gasteiger partial charge in [0.15, 0.2) is 5.82 Å². The van der Waals surface area contributed by atoms with Gasteiger partial charge in [-0.25, -0.2) is 23.1 Å². The Balaban J connectivity index is 1.79. The monoisotopic (exact) mass is 367 g/mol. The second-order valence-electron chi connectivity index (χ2n) is 5.46. The quantitative estimate of drug-likeness (QED) is 0.597. The SMILES string of the molecule is Cc1ccn(-c2cc(NCCNC(=O)CN(C)S(C)(=O)=O)ncn2)n1. The molecule has 0 unspecified atom stereocenters. The van der Waals surface area contributed by atoms with Gasteiger partial charge < -0.3 is 10.6 Å². The number of nitrogens with one attached hydrogen (secondary N) is 2. The van der Waals surface area contributed by atoms with E-state index in [4.69, 9.17) is 0 Å². The largest absolute Gasteiger partial charge is 0.368 e. The molecule has 0 atom stereocenters. The number of aromatic nitrogens is 4. The van der Waals surface area contributed by atoms with Crippen LogP contribution in [0.15, 0.2) is 24.7 Å². The second-order valence-corrected chi connectivity index (χ2v) is 7.55. The maximum absolute atomic E-state index is 11.7. The lowest BCUT2D eigenvalue weighted by atomic mass is 10.5. The molecule has 10 nitrogen and oxygen atoms in total. The minimum Gasteiger partial charge on any atom is -0.368 e. The topological polar surface area (TPSA) is 122 Å². The number of sulfonamides is 1. The molecule has 2 N–H and O–H groups in total. The van der Waals surface area contributed by atoms with Gasteiger partial charge >= 0.3 is 0 Å². The molecule has 11 heteroatoms. The highest BCUT2D eigenvalue weighted by Gasteiger charge is 2.14. The zero-order valence-corrected chi connectivity index (χ0v) is 15.1. The molecular weight excluding hydrogens is 346 g/mol. The minimum absolute atomic E-state index is 0.213. The lowest BCUT2D eigenvalue weighted by Gasteiger charge is -2.14. The fourth-order valence-corrected chi connectivity index (χ4v) is 2.23. The van der Waals surface area contributed by atoms with Crippen LogP contribution in [0.5, 0.6) is 0 Å². The van der Waals surface area contributed by atoms with Crippen molar-refractivity contribution < 1.29 is 13.2 Å². The van der Waals surface area contributed by atoms with Crippen LogP contribution in [0.1, 0.15) is 5.69 Å². The van der Waals surface area contributed by atoms with E-state index in [2.05, 4.69) is 25.7 Å². The Hall–Kier alpha value is -2.53. The van der Waals surface area contributed by atoms with Crippen molar-refractivity contribution in [2.24, 2.45) is 0 Å². The molecule has 0 fully saturated rings. The van der Waals surface area contributed by atoms with Crippen molar-refractivity contribution in [3.63, 3.8) is 0 Å². The van der Waals surface area contributed by atoms with Crippen LogP contribution >= 0.6 is 0 Å². The number of carbonyl (C=O) groups excluding carboxylic acids is 1. The fraction of sp³-hybridized carbons (Fsp3) is 0.429. The fourth-order valence-electron chi connectivity index (χ4n) is 1.88. The van der Waals surface area contributed by atoms with Gasteiger partial charge in [0, 0.05) is 32.4 Å². The highest BCUT2D eigenvalue weighted by Crippen LogP contribution is 2.08. The molecule has 0 aliphatic heterocycles. The van der Waals surface area contributed by atoms with E-state index in [9.17, 15) is 13.2 Å². The third-order valence-corrected chi connectivity index (χ3v) is 4.56. The van der Waals surface area contributed by atoms with E-state index in [1.165, 1.54) is 13.4 Å². The summed E-state index contributed by atoms with van der Waals surface area (Å²) in [5, 5.41) is 9.98. The molecule has 2 heterocycles. The summed E-state index contributed by atoms with van der Waals surface area (Å²) in [4.78, 5) is 19.9. The number of rotatable bonds is 8. The van der Waals surface area contributed by atoms with Gasteiger partial charge in [-0.05, 0) is 13.0 Å². The Kier molecular flexibility index (Phi) is 6.04. The van der Waals surface area contributed by atoms with Crippen molar-refractivity contribution in [1.29, 1.82) is 0 Å². The summed E-state index contributed by atoms with van der Waals surface area (Å²) in [7, 11) is -2.02. The van der Waals surface area contributed by atoms with Crippen molar-refractivity contribution >= 4 is 21.7 Å². The van der Waals surface area contributed by atoms with Crippen LogP contribution in [0.4, 0.5) is 5.82 Å².